The molecule has 0 radical (unpaired) electrons. The van der Waals surface area contributed by atoms with Crippen LogP contribution in [0.1, 0.15) is 25.0 Å². The van der Waals surface area contributed by atoms with Gasteiger partial charge < -0.3 is 4.57 Å². The van der Waals surface area contributed by atoms with Crippen LogP contribution >= 0.6 is 0 Å². The summed E-state index contributed by atoms with van der Waals surface area (Å²) in [5.74, 6) is 0.725. The van der Waals surface area contributed by atoms with Crippen molar-refractivity contribution in [2.45, 2.75) is 19.3 Å². The van der Waals surface area contributed by atoms with Gasteiger partial charge >= 0.3 is 0 Å². The molecule has 3 heteroatoms. The third kappa shape index (κ3) is 3.18. The molecule has 40 heavy (non-hydrogen) atoms. The Morgan fingerprint density at radius 2 is 1.32 bits per heavy atom. The molecule has 0 saturated carbocycles. The molecule has 1 aliphatic carbocycles. The predicted octanol–water partition coefficient (Wildman–Crippen LogP) is 9.21. The molecule has 0 amide bonds. The Hall–Kier alpha value is -5.02. The Morgan fingerprint density at radius 3 is 2.12 bits per heavy atom. The molecule has 1 aliphatic rings. The molecule has 190 valence electrons. The minimum Gasteiger partial charge on any atom is -0.305 e. The minimum atomic E-state index is -0.155. The molecular formula is C37H27N3. The Bertz CT molecular complexity index is 2070. The van der Waals surface area contributed by atoms with Gasteiger partial charge in [0.05, 0.1) is 28.8 Å². The number of fused-ring (bicyclic) bond motifs is 7. The van der Waals surface area contributed by atoms with Gasteiger partial charge in [-0.2, -0.15) is 0 Å². The van der Waals surface area contributed by atoms with Crippen molar-refractivity contribution in [3.8, 4) is 39.6 Å². The van der Waals surface area contributed by atoms with Crippen LogP contribution in [0.2, 0.25) is 0 Å². The van der Waals surface area contributed by atoms with Crippen LogP contribution in [-0.2, 0) is 5.41 Å². The molecule has 8 rings (SSSR count). The number of rotatable bonds is 3. The fraction of sp³-hybridized carbons (Fsp3) is 0.0811. The van der Waals surface area contributed by atoms with Crippen molar-refractivity contribution in [1.29, 1.82) is 0 Å². The zero-order valence-corrected chi connectivity index (χ0v) is 22.5. The summed E-state index contributed by atoms with van der Waals surface area (Å²) in [6.07, 6.45) is 2.01. The van der Waals surface area contributed by atoms with E-state index in [9.17, 15) is 0 Å². The highest BCUT2D eigenvalue weighted by Crippen LogP contribution is 2.55. The summed E-state index contributed by atoms with van der Waals surface area (Å²) in [7, 11) is 0. The fourth-order valence-electron chi connectivity index (χ4n) is 6.62. The van der Waals surface area contributed by atoms with E-state index in [1.54, 1.807) is 0 Å². The van der Waals surface area contributed by atoms with Crippen LogP contribution in [-0.4, -0.2) is 14.5 Å². The van der Waals surface area contributed by atoms with Crippen LogP contribution in [0.25, 0.3) is 61.3 Å². The van der Waals surface area contributed by atoms with Crippen LogP contribution in [0.4, 0.5) is 0 Å². The van der Waals surface area contributed by atoms with Crippen LogP contribution in [0.15, 0.2) is 128 Å². The second kappa shape index (κ2) is 8.49. The molecule has 5 aromatic carbocycles. The first kappa shape index (κ1) is 22.9. The molecule has 0 saturated heterocycles. The Balaban J connectivity index is 1.53. The van der Waals surface area contributed by atoms with Gasteiger partial charge in [0.2, 0.25) is 0 Å². The summed E-state index contributed by atoms with van der Waals surface area (Å²) >= 11 is 0. The zero-order valence-electron chi connectivity index (χ0n) is 22.5. The van der Waals surface area contributed by atoms with Gasteiger partial charge in [0, 0.05) is 27.5 Å². The largest absolute Gasteiger partial charge is 0.305 e. The molecule has 0 spiro atoms. The highest BCUT2D eigenvalue weighted by Gasteiger charge is 2.41. The van der Waals surface area contributed by atoms with Gasteiger partial charge in [0.1, 0.15) is 0 Å². The summed E-state index contributed by atoms with van der Waals surface area (Å²) in [4.78, 5) is 10.2. The molecule has 3 nitrogen and oxygen atoms in total. The summed E-state index contributed by atoms with van der Waals surface area (Å²) < 4.78 is 2.42. The summed E-state index contributed by atoms with van der Waals surface area (Å²) in [6, 6.07) is 42.8. The van der Waals surface area contributed by atoms with E-state index >= 15 is 0 Å². The highest BCUT2D eigenvalue weighted by atomic mass is 15.1. The topological polar surface area (TPSA) is 30.7 Å². The van der Waals surface area contributed by atoms with Crippen molar-refractivity contribution in [3.05, 3.63) is 139 Å². The summed E-state index contributed by atoms with van der Waals surface area (Å²) in [6.45, 7) is 4.71. The molecule has 0 atom stereocenters. The van der Waals surface area contributed by atoms with Crippen LogP contribution in [0.3, 0.4) is 0 Å². The highest BCUT2D eigenvalue weighted by molar-refractivity contribution is 6.14. The first-order valence-electron chi connectivity index (χ1n) is 13.8. The maximum Gasteiger partial charge on any atom is 0.159 e. The van der Waals surface area contributed by atoms with Crippen LogP contribution < -0.4 is 0 Å². The third-order valence-electron chi connectivity index (χ3n) is 8.43. The lowest BCUT2D eigenvalue weighted by Gasteiger charge is -2.21. The molecule has 7 aromatic rings. The SMILES string of the molecule is CC1(C)c2ccccc2-c2c1c1c3ccccc3ccc1n2-c1cnc(-c2ccccc2)nc1-c1ccccc1. The summed E-state index contributed by atoms with van der Waals surface area (Å²) in [5, 5.41) is 3.83. The van der Waals surface area contributed by atoms with E-state index in [-0.39, 0.29) is 5.41 Å². The zero-order chi connectivity index (χ0) is 26.8. The average molecular weight is 514 g/mol. The summed E-state index contributed by atoms with van der Waals surface area (Å²) in [5.41, 5.74) is 10.2. The lowest BCUT2D eigenvalue weighted by atomic mass is 9.81. The molecule has 2 heterocycles. The number of benzene rings is 5. The molecule has 0 fully saturated rings. The second-order valence-corrected chi connectivity index (χ2v) is 11.1. The van der Waals surface area contributed by atoms with Gasteiger partial charge in [-0.05, 0) is 28.0 Å². The van der Waals surface area contributed by atoms with E-state index in [2.05, 4.69) is 122 Å². The first-order valence-corrected chi connectivity index (χ1v) is 13.8. The van der Waals surface area contributed by atoms with Crippen molar-refractivity contribution < 1.29 is 0 Å². The van der Waals surface area contributed by atoms with Crippen molar-refractivity contribution in [1.82, 2.24) is 14.5 Å². The van der Waals surface area contributed by atoms with Crippen LogP contribution in [0.5, 0.6) is 0 Å². The van der Waals surface area contributed by atoms with Crippen molar-refractivity contribution in [3.63, 3.8) is 0 Å². The maximum atomic E-state index is 5.22. The number of hydrogen-bond acceptors (Lipinski definition) is 2. The second-order valence-electron chi connectivity index (χ2n) is 11.1. The third-order valence-corrected chi connectivity index (χ3v) is 8.43. The molecule has 0 bridgehead atoms. The number of nitrogens with zero attached hydrogens (tertiary/aromatic N) is 3. The van der Waals surface area contributed by atoms with E-state index in [0.29, 0.717) is 0 Å². The van der Waals surface area contributed by atoms with Gasteiger partial charge in [0.25, 0.3) is 0 Å². The van der Waals surface area contributed by atoms with Crippen LogP contribution in [0, 0.1) is 0 Å². The van der Waals surface area contributed by atoms with E-state index in [1.165, 1.54) is 44.1 Å². The Labute approximate surface area is 233 Å². The Morgan fingerprint density at radius 1 is 0.650 bits per heavy atom. The van der Waals surface area contributed by atoms with E-state index in [0.717, 1.165) is 28.3 Å². The van der Waals surface area contributed by atoms with Gasteiger partial charge in [-0.1, -0.05) is 129 Å². The average Bonchev–Trinajstić information content (AvgIpc) is 3.48. The first-order chi connectivity index (χ1) is 19.6. The minimum absolute atomic E-state index is 0.155. The Kier molecular flexibility index (Phi) is 4.86. The smallest absolute Gasteiger partial charge is 0.159 e. The molecule has 0 N–H and O–H groups in total. The standard InChI is InChI=1S/C37H27N3/c1-37(2)29-20-12-11-19-28(29)35-33(37)32-27-18-10-9-13-24(27)21-22-30(32)40(35)31-23-38-36(26-16-7-4-8-17-26)39-34(31)25-14-5-3-6-15-25/h3-23H,1-2H3. The number of hydrogen-bond donors (Lipinski definition) is 0. The molecule has 2 aromatic heterocycles. The van der Waals surface area contributed by atoms with Gasteiger partial charge in [-0.25, -0.2) is 9.97 Å². The monoisotopic (exact) mass is 513 g/mol. The quantitative estimate of drug-likeness (QED) is 0.236. The fourth-order valence-corrected chi connectivity index (χ4v) is 6.62. The van der Waals surface area contributed by atoms with Crippen molar-refractivity contribution in [2.24, 2.45) is 0 Å². The lowest BCUT2D eigenvalue weighted by Crippen LogP contribution is -2.14. The van der Waals surface area contributed by atoms with Crippen molar-refractivity contribution >= 4 is 21.7 Å². The lowest BCUT2D eigenvalue weighted by molar-refractivity contribution is 0.666. The molecular weight excluding hydrogens is 486 g/mol. The van der Waals surface area contributed by atoms with Gasteiger partial charge in [0.15, 0.2) is 5.82 Å². The van der Waals surface area contributed by atoms with E-state index in [1.807, 2.05) is 24.4 Å². The normalized spacial score (nSPS) is 13.4. The van der Waals surface area contributed by atoms with E-state index < -0.39 is 0 Å². The van der Waals surface area contributed by atoms with Crippen molar-refractivity contribution in [2.75, 3.05) is 0 Å². The van der Waals surface area contributed by atoms with Gasteiger partial charge in [-0.3, -0.25) is 0 Å². The predicted molar refractivity (Wildman–Crippen MR) is 165 cm³/mol. The van der Waals surface area contributed by atoms with Gasteiger partial charge in [-0.15, -0.1) is 0 Å². The number of aromatic nitrogens is 3. The maximum absolute atomic E-state index is 5.22. The molecule has 0 unspecified atom stereocenters. The van der Waals surface area contributed by atoms with E-state index in [4.69, 9.17) is 9.97 Å². The molecule has 0 aliphatic heterocycles.